The fourth-order valence-electron chi connectivity index (χ4n) is 1.40. The monoisotopic (exact) mass is 373 g/mol. The smallest absolute Gasteiger partial charge is 0.322 e. The molecule has 0 unspecified atom stereocenters. The zero-order valence-corrected chi connectivity index (χ0v) is 12.8. The normalized spacial score (nSPS) is 10.7. The van der Waals surface area contributed by atoms with Gasteiger partial charge in [-0.05, 0) is 40.2 Å². The number of thiophene rings is 1. The van der Waals surface area contributed by atoms with Crippen molar-refractivity contribution in [3.8, 4) is 11.7 Å². The van der Waals surface area contributed by atoms with Gasteiger partial charge in [-0.3, -0.25) is 10.1 Å². The number of amides is 1. The average molecular weight is 375 g/mol. The topological polar surface area (TPSA) is 81.2 Å². The van der Waals surface area contributed by atoms with Crippen LogP contribution in [-0.2, 0) is 0 Å². The second-order valence-corrected chi connectivity index (χ2v) is 6.07. The number of carbonyl (C=O) groups excluding carboxylic acids is 1. The molecule has 0 aromatic carbocycles. The average Bonchev–Trinajstić information content (AvgIpc) is 3.10. The lowest BCUT2D eigenvalue weighted by Gasteiger charge is -1.95. The van der Waals surface area contributed by atoms with E-state index >= 15 is 0 Å². The van der Waals surface area contributed by atoms with Gasteiger partial charge in [0.1, 0.15) is 0 Å². The minimum absolute atomic E-state index is 0.0120. The van der Waals surface area contributed by atoms with Crippen LogP contribution in [-0.4, -0.2) is 16.1 Å². The summed E-state index contributed by atoms with van der Waals surface area (Å²) in [5.74, 6) is 0.219. The molecular weight excluding hydrogens is 370 g/mol. The summed E-state index contributed by atoms with van der Waals surface area (Å²) >= 11 is 10.1. The summed E-state index contributed by atoms with van der Waals surface area (Å²) < 4.78 is 11.6. The molecule has 0 aliphatic carbocycles. The first-order valence-corrected chi connectivity index (χ1v) is 7.26. The van der Waals surface area contributed by atoms with Crippen LogP contribution in [0, 0.1) is 0 Å². The highest BCUT2D eigenvalue weighted by atomic mass is 79.9. The van der Waals surface area contributed by atoms with Crippen molar-refractivity contribution in [3.63, 3.8) is 0 Å². The maximum Gasteiger partial charge on any atom is 0.322 e. The van der Waals surface area contributed by atoms with Crippen molar-refractivity contribution in [1.29, 1.82) is 0 Å². The van der Waals surface area contributed by atoms with E-state index in [1.807, 2.05) is 0 Å². The maximum atomic E-state index is 11.9. The van der Waals surface area contributed by atoms with Gasteiger partial charge in [-0.15, -0.1) is 16.4 Å². The lowest BCUT2D eigenvalue weighted by Crippen LogP contribution is -2.10. The van der Waals surface area contributed by atoms with Crippen LogP contribution >= 0.6 is 38.9 Å². The number of hydrogen-bond donors (Lipinski definition) is 1. The van der Waals surface area contributed by atoms with Crippen LogP contribution in [0.1, 0.15) is 9.67 Å². The highest BCUT2D eigenvalue weighted by molar-refractivity contribution is 9.10. The van der Waals surface area contributed by atoms with Crippen LogP contribution < -0.4 is 5.32 Å². The molecule has 20 heavy (non-hydrogen) atoms. The predicted molar refractivity (Wildman–Crippen MR) is 77.0 cm³/mol. The number of nitrogens with zero attached hydrogens (tertiary/aromatic N) is 2. The fraction of sp³-hybridized carbons (Fsp3) is 0. The van der Waals surface area contributed by atoms with Crippen molar-refractivity contribution in [2.75, 3.05) is 5.32 Å². The molecule has 6 nitrogen and oxygen atoms in total. The lowest BCUT2D eigenvalue weighted by molar-refractivity contribution is 0.102. The first-order chi connectivity index (χ1) is 9.61. The van der Waals surface area contributed by atoms with Crippen LogP contribution in [0.5, 0.6) is 0 Å². The second-order valence-electron chi connectivity index (χ2n) is 3.57. The summed E-state index contributed by atoms with van der Waals surface area (Å²) in [6, 6.07) is 6.61. The first kappa shape index (κ1) is 13.3. The highest BCUT2D eigenvalue weighted by Crippen LogP contribution is 2.26. The van der Waals surface area contributed by atoms with Gasteiger partial charge in [0.2, 0.25) is 0 Å². The van der Waals surface area contributed by atoms with E-state index in [9.17, 15) is 4.79 Å². The Labute approximate surface area is 129 Å². The summed E-state index contributed by atoms with van der Waals surface area (Å²) in [6.45, 7) is 0. The number of aromatic nitrogens is 2. The number of nitrogens with one attached hydrogen (secondary N) is 1. The quantitative estimate of drug-likeness (QED) is 0.747. The van der Waals surface area contributed by atoms with Crippen molar-refractivity contribution in [3.05, 3.63) is 38.1 Å². The van der Waals surface area contributed by atoms with Gasteiger partial charge in [0.15, 0.2) is 10.4 Å². The van der Waals surface area contributed by atoms with Crippen molar-refractivity contribution in [2.45, 2.75) is 0 Å². The number of hydrogen-bond acceptors (Lipinski definition) is 6. The zero-order chi connectivity index (χ0) is 14.1. The molecular formula is C11H5BrClN3O3S. The van der Waals surface area contributed by atoms with Gasteiger partial charge in [0, 0.05) is 0 Å². The molecule has 0 saturated heterocycles. The predicted octanol–water partition coefficient (Wildman–Crippen LogP) is 4.06. The molecule has 102 valence electrons. The maximum absolute atomic E-state index is 11.9. The SMILES string of the molecule is O=C(Nc1nnc(-c2ccc(Br)o2)o1)c1ccc(Cl)s1. The van der Waals surface area contributed by atoms with Gasteiger partial charge in [-0.1, -0.05) is 16.7 Å². The van der Waals surface area contributed by atoms with Gasteiger partial charge in [-0.25, -0.2) is 0 Å². The van der Waals surface area contributed by atoms with E-state index in [2.05, 4.69) is 31.4 Å². The molecule has 3 rings (SSSR count). The molecule has 3 heterocycles. The van der Waals surface area contributed by atoms with E-state index in [1.165, 1.54) is 0 Å². The highest BCUT2D eigenvalue weighted by Gasteiger charge is 2.15. The van der Waals surface area contributed by atoms with Gasteiger partial charge in [0.05, 0.1) is 9.21 Å². The Hall–Kier alpha value is -1.64. The molecule has 0 radical (unpaired) electrons. The van der Waals surface area contributed by atoms with Crippen LogP contribution in [0.4, 0.5) is 6.01 Å². The molecule has 0 fully saturated rings. The Balaban J connectivity index is 1.76. The van der Waals surface area contributed by atoms with Crippen molar-refractivity contribution >= 4 is 50.8 Å². The summed E-state index contributed by atoms with van der Waals surface area (Å²) in [5, 5.41) is 9.99. The summed E-state index contributed by atoms with van der Waals surface area (Å²) in [6.07, 6.45) is 0. The molecule has 0 aliphatic heterocycles. The number of rotatable bonds is 3. The molecule has 0 aliphatic rings. The Kier molecular flexibility index (Phi) is 3.60. The molecule has 0 atom stereocenters. The third-order valence-corrected chi connectivity index (χ3v) is 3.88. The molecule has 0 saturated carbocycles. The van der Waals surface area contributed by atoms with Crippen LogP contribution in [0.3, 0.4) is 0 Å². The molecule has 9 heteroatoms. The molecule has 0 bridgehead atoms. The lowest BCUT2D eigenvalue weighted by atomic mass is 10.4. The molecule has 1 N–H and O–H groups in total. The van der Waals surface area contributed by atoms with Crippen LogP contribution in [0.2, 0.25) is 4.34 Å². The Bertz CT molecular complexity index is 766. The number of carbonyl (C=O) groups is 1. The first-order valence-electron chi connectivity index (χ1n) is 5.28. The zero-order valence-electron chi connectivity index (χ0n) is 9.59. The van der Waals surface area contributed by atoms with E-state index < -0.39 is 0 Å². The third kappa shape index (κ3) is 2.77. The minimum atomic E-state index is -0.363. The Morgan fingerprint density at radius 1 is 1.25 bits per heavy atom. The van der Waals surface area contributed by atoms with Crippen molar-refractivity contribution in [2.24, 2.45) is 0 Å². The third-order valence-electron chi connectivity index (χ3n) is 2.23. The number of anilines is 1. The minimum Gasteiger partial charge on any atom is -0.444 e. The van der Waals surface area contributed by atoms with Gasteiger partial charge >= 0.3 is 6.01 Å². The Morgan fingerprint density at radius 3 is 2.75 bits per heavy atom. The summed E-state index contributed by atoms with van der Waals surface area (Å²) in [4.78, 5) is 12.3. The van der Waals surface area contributed by atoms with Gasteiger partial charge in [0.25, 0.3) is 11.8 Å². The number of furan rings is 1. The number of halogens is 2. The Morgan fingerprint density at radius 2 is 2.10 bits per heavy atom. The molecule has 1 amide bonds. The van der Waals surface area contributed by atoms with E-state index in [-0.39, 0.29) is 17.8 Å². The van der Waals surface area contributed by atoms with E-state index in [0.717, 1.165) is 11.3 Å². The molecule has 3 aromatic heterocycles. The summed E-state index contributed by atoms with van der Waals surface area (Å²) in [5.41, 5.74) is 0. The van der Waals surface area contributed by atoms with E-state index in [1.54, 1.807) is 24.3 Å². The van der Waals surface area contributed by atoms with Crippen molar-refractivity contribution < 1.29 is 13.6 Å². The van der Waals surface area contributed by atoms with E-state index in [0.29, 0.717) is 19.6 Å². The fourth-order valence-corrected chi connectivity index (χ4v) is 2.64. The molecule has 3 aromatic rings. The molecule has 0 spiro atoms. The van der Waals surface area contributed by atoms with Crippen LogP contribution in [0.15, 0.2) is 37.8 Å². The van der Waals surface area contributed by atoms with E-state index in [4.69, 9.17) is 20.4 Å². The summed E-state index contributed by atoms with van der Waals surface area (Å²) in [7, 11) is 0. The largest absolute Gasteiger partial charge is 0.444 e. The van der Waals surface area contributed by atoms with Gasteiger partial charge < -0.3 is 8.83 Å². The van der Waals surface area contributed by atoms with Gasteiger partial charge in [-0.2, -0.15) is 0 Å². The van der Waals surface area contributed by atoms with Crippen molar-refractivity contribution in [1.82, 2.24) is 10.2 Å². The standard InChI is InChI=1S/C11H5BrClN3O3S/c12-7-3-1-5(18-7)10-15-16-11(19-10)14-9(17)6-2-4-8(13)20-6/h1-4H,(H,14,16,17). The second kappa shape index (κ2) is 5.39. The van der Waals surface area contributed by atoms with Crippen LogP contribution in [0.25, 0.3) is 11.7 Å².